The molecule has 0 spiro atoms. The maximum atomic E-state index is 13.4. The molecule has 17 heavy (non-hydrogen) atoms. The van der Waals surface area contributed by atoms with E-state index in [9.17, 15) is 4.39 Å². The van der Waals surface area contributed by atoms with Gasteiger partial charge in [0.1, 0.15) is 5.82 Å². The van der Waals surface area contributed by atoms with Crippen LogP contribution in [0.1, 0.15) is 31.2 Å². The number of hydrogen-bond acceptors (Lipinski definition) is 2. The lowest BCUT2D eigenvalue weighted by Gasteiger charge is -2.30. The van der Waals surface area contributed by atoms with Crippen LogP contribution < -0.4 is 10.6 Å². The minimum atomic E-state index is -0.119. The first kappa shape index (κ1) is 11.0. The normalized spacial score (nSPS) is 31.5. The fourth-order valence-electron chi connectivity index (χ4n) is 3.16. The molecule has 3 heteroatoms. The number of anilines is 1. The molecule has 2 aliphatic rings. The van der Waals surface area contributed by atoms with E-state index in [-0.39, 0.29) is 5.82 Å². The van der Waals surface area contributed by atoms with Crippen molar-refractivity contribution in [3.8, 4) is 0 Å². The van der Waals surface area contributed by atoms with Crippen molar-refractivity contribution in [1.82, 2.24) is 5.32 Å². The second-order valence-electron chi connectivity index (χ2n) is 5.36. The highest BCUT2D eigenvalue weighted by atomic mass is 19.1. The van der Waals surface area contributed by atoms with Crippen molar-refractivity contribution in [2.75, 3.05) is 5.32 Å². The van der Waals surface area contributed by atoms with Crippen molar-refractivity contribution in [3.63, 3.8) is 0 Å². The number of benzene rings is 1. The summed E-state index contributed by atoms with van der Waals surface area (Å²) in [5, 5.41) is 7.13. The molecule has 2 N–H and O–H groups in total. The van der Waals surface area contributed by atoms with Crippen LogP contribution in [-0.2, 0) is 0 Å². The number of halogens is 1. The molecule has 0 amide bonds. The van der Waals surface area contributed by atoms with Gasteiger partial charge in [0.15, 0.2) is 0 Å². The molecule has 2 aliphatic heterocycles. The van der Waals surface area contributed by atoms with Gasteiger partial charge in [-0.2, -0.15) is 0 Å². The predicted octanol–water partition coefficient (Wildman–Crippen LogP) is 2.83. The topological polar surface area (TPSA) is 24.1 Å². The van der Waals surface area contributed by atoms with E-state index < -0.39 is 0 Å². The molecule has 2 saturated heterocycles. The molecule has 2 bridgehead atoms. The molecule has 92 valence electrons. The van der Waals surface area contributed by atoms with Gasteiger partial charge in [0.2, 0.25) is 0 Å². The van der Waals surface area contributed by atoms with Crippen molar-refractivity contribution in [3.05, 3.63) is 29.6 Å². The van der Waals surface area contributed by atoms with Gasteiger partial charge in [-0.3, -0.25) is 0 Å². The third-order valence-corrected chi connectivity index (χ3v) is 4.10. The van der Waals surface area contributed by atoms with Crippen LogP contribution in [0.25, 0.3) is 0 Å². The van der Waals surface area contributed by atoms with Crippen molar-refractivity contribution in [1.29, 1.82) is 0 Å². The van der Waals surface area contributed by atoms with E-state index in [0.29, 0.717) is 18.1 Å². The minimum absolute atomic E-state index is 0.119. The summed E-state index contributed by atoms with van der Waals surface area (Å²) in [5.41, 5.74) is 1.69. The Morgan fingerprint density at radius 2 is 1.94 bits per heavy atom. The first-order valence-corrected chi connectivity index (χ1v) is 6.50. The van der Waals surface area contributed by atoms with Gasteiger partial charge < -0.3 is 10.6 Å². The van der Waals surface area contributed by atoms with E-state index in [0.717, 1.165) is 24.1 Å². The molecule has 0 radical (unpaired) electrons. The summed E-state index contributed by atoms with van der Waals surface area (Å²) in [6.07, 6.45) is 4.91. The van der Waals surface area contributed by atoms with Gasteiger partial charge in [-0.15, -0.1) is 0 Å². The number of piperidine rings is 1. The van der Waals surface area contributed by atoms with E-state index in [1.54, 1.807) is 6.07 Å². The zero-order valence-corrected chi connectivity index (χ0v) is 10.2. The lowest BCUT2D eigenvalue weighted by Crippen LogP contribution is -2.43. The van der Waals surface area contributed by atoms with Crippen LogP contribution in [-0.4, -0.2) is 18.1 Å². The highest BCUT2D eigenvalue weighted by molar-refractivity contribution is 5.51. The Balaban J connectivity index is 1.72. The quantitative estimate of drug-likeness (QED) is 0.822. The Kier molecular flexibility index (Phi) is 2.79. The second kappa shape index (κ2) is 4.30. The van der Waals surface area contributed by atoms with Crippen LogP contribution >= 0.6 is 0 Å². The highest BCUT2D eigenvalue weighted by Gasteiger charge is 2.33. The summed E-state index contributed by atoms with van der Waals surface area (Å²) in [6, 6.07) is 7.10. The molecule has 2 heterocycles. The average molecular weight is 234 g/mol. The summed E-state index contributed by atoms with van der Waals surface area (Å²) >= 11 is 0. The predicted molar refractivity (Wildman–Crippen MR) is 67.7 cm³/mol. The van der Waals surface area contributed by atoms with E-state index in [1.165, 1.54) is 18.9 Å². The van der Waals surface area contributed by atoms with Crippen LogP contribution in [0.15, 0.2) is 18.2 Å². The zero-order valence-electron chi connectivity index (χ0n) is 10.2. The number of fused-ring (bicyclic) bond motifs is 2. The molecule has 0 saturated carbocycles. The van der Waals surface area contributed by atoms with Crippen LogP contribution in [0.4, 0.5) is 10.1 Å². The maximum Gasteiger partial charge on any atom is 0.128 e. The second-order valence-corrected chi connectivity index (χ2v) is 5.36. The van der Waals surface area contributed by atoms with Crippen LogP contribution in [0.2, 0.25) is 0 Å². The Morgan fingerprint density at radius 1 is 1.24 bits per heavy atom. The molecule has 1 aromatic carbocycles. The Hall–Kier alpha value is -1.09. The maximum absolute atomic E-state index is 13.4. The Morgan fingerprint density at radius 3 is 2.65 bits per heavy atom. The third kappa shape index (κ3) is 2.16. The minimum Gasteiger partial charge on any atom is -0.382 e. The molecule has 2 atom stereocenters. The average Bonchev–Trinajstić information content (AvgIpc) is 2.65. The van der Waals surface area contributed by atoms with Gasteiger partial charge >= 0.3 is 0 Å². The van der Waals surface area contributed by atoms with E-state index in [2.05, 4.69) is 10.6 Å². The van der Waals surface area contributed by atoms with Gasteiger partial charge in [-0.1, -0.05) is 6.07 Å². The summed E-state index contributed by atoms with van der Waals surface area (Å²) in [4.78, 5) is 0. The van der Waals surface area contributed by atoms with Crippen molar-refractivity contribution < 1.29 is 4.39 Å². The molecule has 2 nitrogen and oxygen atoms in total. The Bertz CT molecular complexity index is 407. The van der Waals surface area contributed by atoms with Crippen LogP contribution in [0, 0.1) is 12.7 Å². The fourth-order valence-corrected chi connectivity index (χ4v) is 3.16. The van der Waals surface area contributed by atoms with Gasteiger partial charge in [0.05, 0.1) is 0 Å². The monoisotopic (exact) mass is 234 g/mol. The first-order valence-electron chi connectivity index (χ1n) is 6.50. The molecule has 2 unspecified atom stereocenters. The standard InChI is InChI=1S/C14H19FN2/c1-9-13(15)3-2-4-14(9)17-12-7-10-5-6-11(8-12)16-10/h2-4,10-12,16-17H,5-8H2,1H3. The lowest BCUT2D eigenvalue weighted by atomic mass is 9.99. The highest BCUT2D eigenvalue weighted by Crippen LogP contribution is 2.29. The SMILES string of the molecule is Cc1c(F)cccc1NC1CC2CCC(C1)N2. The van der Waals surface area contributed by atoms with Gasteiger partial charge in [-0.05, 0) is 44.7 Å². The molecular weight excluding hydrogens is 215 g/mol. The largest absolute Gasteiger partial charge is 0.382 e. The zero-order chi connectivity index (χ0) is 11.8. The number of nitrogens with one attached hydrogen (secondary N) is 2. The van der Waals surface area contributed by atoms with Crippen LogP contribution in [0.5, 0.6) is 0 Å². The summed E-state index contributed by atoms with van der Waals surface area (Å²) in [6.45, 7) is 1.84. The number of hydrogen-bond donors (Lipinski definition) is 2. The third-order valence-electron chi connectivity index (χ3n) is 4.10. The van der Waals surface area contributed by atoms with Crippen molar-refractivity contribution >= 4 is 5.69 Å². The molecule has 2 fully saturated rings. The molecule has 0 aliphatic carbocycles. The van der Waals surface area contributed by atoms with Crippen molar-refractivity contribution in [2.45, 2.75) is 50.7 Å². The summed E-state index contributed by atoms with van der Waals surface area (Å²) in [7, 11) is 0. The number of rotatable bonds is 2. The smallest absolute Gasteiger partial charge is 0.128 e. The molecular formula is C14H19FN2. The van der Waals surface area contributed by atoms with Gasteiger partial charge in [0.25, 0.3) is 0 Å². The van der Waals surface area contributed by atoms with Crippen LogP contribution in [0.3, 0.4) is 0 Å². The molecule has 0 aromatic heterocycles. The lowest BCUT2D eigenvalue weighted by molar-refractivity contribution is 0.378. The molecule has 1 aromatic rings. The van der Waals surface area contributed by atoms with E-state index in [4.69, 9.17) is 0 Å². The molecule has 3 rings (SSSR count). The van der Waals surface area contributed by atoms with E-state index in [1.807, 2.05) is 13.0 Å². The summed E-state index contributed by atoms with van der Waals surface area (Å²) < 4.78 is 13.4. The van der Waals surface area contributed by atoms with Gasteiger partial charge in [0, 0.05) is 29.4 Å². The summed E-state index contributed by atoms with van der Waals surface area (Å²) in [5.74, 6) is -0.119. The fraction of sp³-hybridized carbons (Fsp3) is 0.571. The Labute approximate surface area is 102 Å². The van der Waals surface area contributed by atoms with Gasteiger partial charge in [-0.25, -0.2) is 4.39 Å². The van der Waals surface area contributed by atoms with E-state index >= 15 is 0 Å². The van der Waals surface area contributed by atoms with Crippen molar-refractivity contribution in [2.24, 2.45) is 0 Å². The first-order chi connectivity index (χ1) is 8.22.